The first-order valence-electron chi connectivity index (χ1n) is 9.48. The third kappa shape index (κ3) is 3.95. The Morgan fingerprint density at radius 1 is 0.812 bits per heavy atom. The van der Waals surface area contributed by atoms with Gasteiger partial charge in [0.25, 0.3) is 0 Å². The maximum absolute atomic E-state index is 12.7. The van der Waals surface area contributed by atoms with E-state index in [0.29, 0.717) is 22.1 Å². The van der Waals surface area contributed by atoms with Gasteiger partial charge in [-0.15, -0.1) is 10.2 Å². The van der Waals surface area contributed by atoms with E-state index in [2.05, 4.69) is 15.3 Å². The van der Waals surface area contributed by atoms with Crippen molar-refractivity contribution in [2.75, 3.05) is 14.2 Å². The first kappa shape index (κ1) is 21.2. The number of carbonyl (C=O) groups is 2. The number of carbonyl (C=O) groups excluding carboxylic acids is 2. The van der Waals surface area contributed by atoms with E-state index in [9.17, 15) is 9.59 Å². The second-order valence-corrected chi connectivity index (χ2v) is 7.01. The molecule has 0 fully saturated rings. The highest BCUT2D eigenvalue weighted by Crippen LogP contribution is 2.30. The van der Waals surface area contributed by atoms with Crippen molar-refractivity contribution in [1.29, 1.82) is 0 Å². The van der Waals surface area contributed by atoms with Crippen molar-refractivity contribution in [3.63, 3.8) is 0 Å². The summed E-state index contributed by atoms with van der Waals surface area (Å²) in [7, 11) is 2.49. The van der Waals surface area contributed by atoms with Crippen LogP contribution in [0.4, 0.5) is 0 Å². The molecule has 9 heteroatoms. The lowest BCUT2D eigenvalue weighted by Gasteiger charge is -2.07. The molecule has 0 aliphatic carbocycles. The van der Waals surface area contributed by atoms with Gasteiger partial charge in [-0.2, -0.15) is 5.10 Å². The molecule has 160 valence electrons. The van der Waals surface area contributed by atoms with Gasteiger partial charge in [0.2, 0.25) is 0 Å². The Kier molecular flexibility index (Phi) is 5.96. The molecule has 0 aliphatic heterocycles. The summed E-state index contributed by atoms with van der Waals surface area (Å²) in [5.74, 6) is -1.41. The molecule has 4 rings (SSSR count). The average molecular weight is 449 g/mol. The van der Waals surface area contributed by atoms with Gasteiger partial charge in [-0.25, -0.2) is 14.3 Å². The normalized spacial score (nSPS) is 10.6. The quantitative estimate of drug-likeness (QED) is 0.421. The van der Waals surface area contributed by atoms with Crippen molar-refractivity contribution in [2.45, 2.75) is 0 Å². The molecule has 0 radical (unpaired) electrons. The summed E-state index contributed by atoms with van der Waals surface area (Å²) in [6, 6.07) is 19.6. The zero-order chi connectivity index (χ0) is 22.7. The van der Waals surface area contributed by atoms with Gasteiger partial charge in [0, 0.05) is 11.1 Å². The van der Waals surface area contributed by atoms with E-state index < -0.39 is 11.9 Å². The number of ether oxygens (including phenoxy) is 2. The fraction of sp³-hybridized carbons (Fsp3) is 0.0870. The van der Waals surface area contributed by atoms with E-state index in [1.165, 1.54) is 18.9 Å². The van der Waals surface area contributed by atoms with Crippen LogP contribution in [0.5, 0.6) is 0 Å². The van der Waals surface area contributed by atoms with Gasteiger partial charge in [0.05, 0.1) is 25.6 Å². The highest BCUT2D eigenvalue weighted by Gasteiger charge is 2.31. The lowest BCUT2D eigenvalue weighted by atomic mass is 10.0. The fourth-order valence-electron chi connectivity index (χ4n) is 3.23. The zero-order valence-electron chi connectivity index (χ0n) is 17.2. The number of para-hydroxylation sites is 1. The van der Waals surface area contributed by atoms with Crippen molar-refractivity contribution < 1.29 is 19.1 Å². The third-order valence-corrected chi connectivity index (χ3v) is 4.94. The lowest BCUT2D eigenvalue weighted by molar-refractivity contribution is 0.0549. The smallest absolute Gasteiger partial charge is 0.357 e. The molecular formula is C23H17ClN4O4. The molecule has 2 heterocycles. The Hall–Kier alpha value is -4.04. The van der Waals surface area contributed by atoms with E-state index in [1.54, 1.807) is 48.5 Å². The van der Waals surface area contributed by atoms with E-state index in [-0.39, 0.29) is 17.0 Å². The van der Waals surface area contributed by atoms with Crippen LogP contribution in [0.25, 0.3) is 28.2 Å². The predicted molar refractivity (Wildman–Crippen MR) is 118 cm³/mol. The second kappa shape index (κ2) is 8.99. The Balaban J connectivity index is 1.88. The summed E-state index contributed by atoms with van der Waals surface area (Å²) < 4.78 is 11.3. The number of esters is 2. The van der Waals surface area contributed by atoms with Crippen LogP contribution in [0.3, 0.4) is 0 Å². The van der Waals surface area contributed by atoms with E-state index in [1.807, 2.05) is 18.2 Å². The van der Waals surface area contributed by atoms with Gasteiger partial charge >= 0.3 is 11.9 Å². The lowest BCUT2D eigenvalue weighted by Crippen LogP contribution is -2.15. The summed E-state index contributed by atoms with van der Waals surface area (Å²) >= 11 is 5.80. The van der Waals surface area contributed by atoms with Crippen LogP contribution in [0, 0.1) is 0 Å². The maximum atomic E-state index is 12.7. The summed E-state index contributed by atoms with van der Waals surface area (Å²) in [6.07, 6.45) is 0. The Labute approximate surface area is 188 Å². The molecule has 0 spiro atoms. The van der Waals surface area contributed by atoms with Gasteiger partial charge in [-0.3, -0.25) is 0 Å². The largest absolute Gasteiger partial charge is 0.465 e. The number of halogens is 1. The summed E-state index contributed by atoms with van der Waals surface area (Å²) in [5.41, 5.74) is 2.92. The first-order chi connectivity index (χ1) is 15.5. The first-order valence-corrected chi connectivity index (χ1v) is 9.86. The van der Waals surface area contributed by atoms with Crippen molar-refractivity contribution in [2.24, 2.45) is 0 Å². The van der Waals surface area contributed by atoms with Crippen molar-refractivity contribution in [3.8, 4) is 28.2 Å². The highest BCUT2D eigenvalue weighted by atomic mass is 35.5. The zero-order valence-corrected chi connectivity index (χ0v) is 17.9. The van der Waals surface area contributed by atoms with Crippen LogP contribution in [0.15, 0.2) is 66.7 Å². The van der Waals surface area contributed by atoms with E-state index in [4.69, 9.17) is 21.1 Å². The Morgan fingerprint density at radius 3 is 2.06 bits per heavy atom. The van der Waals surface area contributed by atoms with Crippen LogP contribution in [-0.2, 0) is 9.47 Å². The Bertz CT molecular complexity index is 1270. The minimum Gasteiger partial charge on any atom is -0.465 e. The molecule has 8 nitrogen and oxygen atoms in total. The topological polar surface area (TPSA) is 96.2 Å². The Morgan fingerprint density at radius 2 is 1.47 bits per heavy atom. The van der Waals surface area contributed by atoms with Crippen LogP contribution < -0.4 is 0 Å². The predicted octanol–water partition coefficient (Wildman–Crippen LogP) is 4.22. The number of methoxy groups -OCH3 is 2. The SMILES string of the molecule is COC(=O)c1c(-c2ccc(-c3ccc(Cl)nn3)cc2)nn(-c2ccccc2)c1C(=O)OC. The van der Waals surface area contributed by atoms with Crippen molar-refractivity contribution in [3.05, 3.63) is 83.1 Å². The molecular weight excluding hydrogens is 432 g/mol. The van der Waals surface area contributed by atoms with Crippen LogP contribution in [0.1, 0.15) is 20.8 Å². The number of nitrogens with zero attached hydrogens (tertiary/aromatic N) is 4. The van der Waals surface area contributed by atoms with Crippen LogP contribution in [0.2, 0.25) is 5.15 Å². The van der Waals surface area contributed by atoms with E-state index in [0.717, 1.165) is 5.56 Å². The van der Waals surface area contributed by atoms with Crippen LogP contribution in [-0.4, -0.2) is 46.1 Å². The van der Waals surface area contributed by atoms with Crippen LogP contribution >= 0.6 is 11.6 Å². The number of hydrogen-bond acceptors (Lipinski definition) is 7. The molecule has 0 atom stereocenters. The maximum Gasteiger partial charge on any atom is 0.357 e. The molecule has 0 saturated heterocycles. The fourth-order valence-corrected chi connectivity index (χ4v) is 3.33. The second-order valence-electron chi connectivity index (χ2n) is 6.62. The number of rotatable bonds is 5. The molecule has 0 N–H and O–H groups in total. The molecule has 0 aliphatic rings. The highest BCUT2D eigenvalue weighted by molar-refractivity contribution is 6.29. The number of hydrogen-bond donors (Lipinski definition) is 0. The van der Waals surface area contributed by atoms with Crippen molar-refractivity contribution in [1.82, 2.24) is 20.0 Å². The number of benzene rings is 2. The molecule has 4 aromatic rings. The van der Waals surface area contributed by atoms with Gasteiger partial charge in [0.15, 0.2) is 10.8 Å². The molecule has 0 unspecified atom stereocenters. The van der Waals surface area contributed by atoms with Gasteiger partial charge in [-0.05, 0) is 24.3 Å². The summed E-state index contributed by atoms with van der Waals surface area (Å²) in [4.78, 5) is 25.3. The average Bonchev–Trinajstić information content (AvgIpc) is 3.25. The molecule has 0 bridgehead atoms. The molecule has 0 amide bonds. The van der Waals surface area contributed by atoms with Gasteiger partial charge < -0.3 is 9.47 Å². The summed E-state index contributed by atoms with van der Waals surface area (Å²) in [6.45, 7) is 0. The minimum absolute atomic E-state index is 0.0160. The molecule has 0 saturated carbocycles. The van der Waals surface area contributed by atoms with Gasteiger partial charge in [-0.1, -0.05) is 54.1 Å². The van der Waals surface area contributed by atoms with Gasteiger partial charge in [0.1, 0.15) is 11.3 Å². The molecule has 2 aromatic heterocycles. The number of aromatic nitrogens is 4. The minimum atomic E-state index is -0.707. The molecule has 2 aromatic carbocycles. The standard InChI is InChI=1S/C23H17ClN4O4/c1-31-22(29)19-20(15-10-8-14(9-11-15)17-12-13-18(24)26-25-17)27-28(21(19)23(30)32-2)16-6-4-3-5-7-16/h3-13H,1-2H3. The monoisotopic (exact) mass is 448 g/mol. The van der Waals surface area contributed by atoms with Crippen molar-refractivity contribution >= 4 is 23.5 Å². The summed E-state index contributed by atoms with van der Waals surface area (Å²) in [5, 5.41) is 12.8. The third-order valence-electron chi connectivity index (χ3n) is 4.74. The van der Waals surface area contributed by atoms with E-state index >= 15 is 0 Å². The molecule has 32 heavy (non-hydrogen) atoms.